The van der Waals surface area contributed by atoms with Gasteiger partial charge in [0.05, 0.1) is 4.90 Å². The summed E-state index contributed by atoms with van der Waals surface area (Å²) in [4.78, 5) is 11.2. The highest BCUT2D eigenvalue weighted by molar-refractivity contribution is 7.92. The van der Waals surface area contributed by atoms with Gasteiger partial charge < -0.3 is 5.73 Å². The van der Waals surface area contributed by atoms with Gasteiger partial charge in [0.15, 0.2) is 15.5 Å². The summed E-state index contributed by atoms with van der Waals surface area (Å²) in [5.41, 5.74) is 5.26. The van der Waals surface area contributed by atoms with Crippen LogP contribution in [0.25, 0.3) is 10.9 Å². The molecule has 0 aliphatic heterocycles. The second-order valence-corrected chi connectivity index (χ2v) is 8.83. The van der Waals surface area contributed by atoms with Crippen LogP contribution in [-0.4, -0.2) is 38.9 Å². The third-order valence-electron chi connectivity index (χ3n) is 3.48. The molecule has 26 heavy (non-hydrogen) atoms. The Morgan fingerprint density at radius 2 is 1.58 bits per heavy atom. The molecule has 3 aromatic rings. The highest BCUT2D eigenvalue weighted by atomic mass is 32.2. The maximum absolute atomic E-state index is 12.6. The van der Waals surface area contributed by atoms with Gasteiger partial charge in [0, 0.05) is 11.6 Å². The lowest BCUT2D eigenvalue weighted by Gasteiger charge is -2.10. The third kappa shape index (κ3) is 3.13. The summed E-state index contributed by atoms with van der Waals surface area (Å²) in [6, 6.07) is 11.2. The highest BCUT2D eigenvalue weighted by Crippen LogP contribution is 2.23. The number of hydrogen-bond acceptors (Lipinski definition) is 7. The van der Waals surface area contributed by atoms with Gasteiger partial charge >= 0.3 is 10.1 Å². The molecule has 1 aromatic heterocycles. The van der Waals surface area contributed by atoms with Crippen LogP contribution >= 0.6 is 0 Å². The molecular formula is C15H13N3O6S2. The Balaban J connectivity index is 2.16. The molecule has 2 aromatic carbocycles. The number of carbonyl (C=O) groups is 1. The van der Waals surface area contributed by atoms with Crippen LogP contribution in [0.4, 0.5) is 0 Å². The van der Waals surface area contributed by atoms with Gasteiger partial charge in [-0.1, -0.05) is 35.2 Å². The number of nitrogens with zero attached hydrogens (tertiary/aromatic N) is 2. The smallest absolute Gasteiger partial charge is 0.359 e. The normalized spacial score (nSPS) is 12.2. The molecular weight excluding hydrogens is 382 g/mol. The lowest BCUT2D eigenvalue weighted by molar-refractivity contribution is 0.0992. The van der Waals surface area contributed by atoms with Crippen LogP contribution in [0.15, 0.2) is 58.3 Å². The van der Waals surface area contributed by atoms with E-state index in [2.05, 4.69) is 5.10 Å². The molecule has 2 N–H and O–H groups in total. The van der Waals surface area contributed by atoms with E-state index >= 15 is 0 Å². The average Bonchev–Trinajstić information content (AvgIpc) is 2.93. The number of nitrogens with two attached hydrogens (primary N) is 1. The number of sulfone groups is 1. The highest BCUT2D eigenvalue weighted by Gasteiger charge is 2.27. The number of carbonyl (C=O) groups excluding carboxylic acids is 1. The zero-order valence-corrected chi connectivity index (χ0v) is 15.0. The fourth-order valence-corrected chi connectivity index (χ4v) is 4.83. The minimum Gasteiger partial charge on any atom is -0.364 e. The van der Waals surface area contributed by atoms with Crippen molar-refractivity contribution in [1.29, 1.82) is 0 Å². The van der Waals surface area contributed by atoms with E-state index in [1.54, 1.807) is 12.1 Å². The molecule has 0 aliphatic carbocycles. The number of aromatic nitrogens is 2. The van der Waals surface area contributed by atoms with E-state index in [0.717, 1.165) is 18.4 Å². The molecule has 0 saturated heterocycles. The molecule has 9 nitrogen and oxygen atoms in total. The van der Waals surface area contributed by atoms with E-state index in [-0.39, 0.29) is 11.2 Å². The van der Waals surface area contributed by atoms with Crippen LogP contribution in [0.2, 0.25) is 0 Å². The van der Waals surface area contributed by atoms with Gasteiger partial charge in [-0.3, -0.25) is 9.08 Å². The Bertz CT molecular complexity index is 1230. The largest absolute Gasteiger partial charge is 0.364 e. The first kappa shape index (κ1) is 17.9. The second kappa shape index (κ2) is 6.11. The van der Waals surface area contributed by atoms with Gasteiger partial charge in [0.2, 0.25) is 0 Å². The first-order chi connectivity index (χ1) is 12.1. The van der Waals surface area contributed by atoms with Gasteiger partial charge in [0.1, 0.15) is 10.4 Å². The minimum atomic E-state index is -4.56. The summed E-state index contributed by atoms with van der Waals surface area (Å²) >= 11 is 0. The van der Waals surface area contributed by atoms with Gasteiger partial charge in [-0.2, -0.15) is 8.42 Å². The zero-order valence-electron chi connectivity index (χ0n) is 13.4. The van der Waals surface area contributed by atoms with Crippen LogP contribution in [0.5, 0.6) is 0 Å². The molecule has 3 rings (SSSR count). The third-order valence-corrected chi connectivity index (χ3v) is 5.99. The van der Waals surface area contributed by atoms with Crippen molar-refractivity contribution in [2.45, 2.75) is 9.79 Å². The molecule has 1 amide bonds. The standard InChI is InChI=1S/C15H13N3O6S2/c1-25(20,21)12-8-4-5-9-13(12)26(22,23)24-18-11-7-3-2-6-10(11)14(17-18)15(16)19/h2-9H,1H3,(H2,16,19). The maximum Gasteiger partial charge on any atom is 0.359 e. The van der Waals surface area contributed by atoms with Crippen LogP contribution in [0.3, 0.4) is 0 Å². The van der Waals surface area contributed by atoms with Gasteiger partial charge in [0.25, 0.3) is 5.91 Å². The molecule has 136 valence electrons. The number of hydrogen-bond donors (Lipinski definition) is 1. The SMILES string of the molecule is CS(=O)(=O)c1ccccc1S(=O)(=O)On1nc(C(N)=O)c2ccccc21. The van der Waals surface area contributed by atoms with E-state index in [0.29, 0.717) is 10.2 Å². The van der Waals surface area contributed by atoms with Crippen molar-refractivity contribution in [1.82, 2.24) is 9.94 Å². The first-order valence-electron chi connectivity index (χ1n) is 7.13. The summed E-state index contributed by atoms with van der Waals surface area (Å²) in [5, 5.41) is 4.08. The zero-order chi connectivity index (χ0) is 19.1. The monoisotopic (exact) mass is 395 g/mol. The number of primary amides is 1. The van der Waals surface area contributed by atoms with Crippen molar-refractivity contribution < 1.29 is 25.9 Å². The molecule has 0 spiro atoms. The van der Waals surface area contributed by atoms with Crippen LogP contribution in [0, 0.1) is 0 Å². The average molecular weight is 395 g/mol. The molecule has 0 radical (unpaired) electrons. The summed E-state index contributed by atoms with van der Waals surface area (Å²) in [6.45, 7) is 0. The van der Waals surface area contributed by atoms with Crippen LogP contribution < -0.4 is 10.0 Å². The van der Waals surface area contributed by atoms with Crippen molar-refractivity contribution >= 4 is 36.8 Å². The summed E-state index contributed by atoms with van der Waals surface area (Å²) in [5.74, 6) is -0.863. The van der Waals surface area contributed by atoms with Gasteiger partial charge in [-0.25, -0.2) is 8.42 Å². The fraction of sp³-hybridized carbons (Fsp3) is 0.0667. The molecule has 11 heteroatoms. The minimum absolute atomic E-state index is 0.174. The predicted molar refractivity (Wildman–Crippen MR) is 91.6 cm³/mol. The molecule has 1 heterocycles. The van der Waals surface area contributed by atoms with Crippen molar-refractivity contribution in [3.05, 3.63) is 54.2 Å². The van der Waals surface area contributed by atoms with Gasteiger partial charge in [-0.15, -0.1) is 5.10 Å². The van der Waals surface area contributed by atoms with Gasteiger partial charge in [-0.05, 0) is 18.2 Å². The predicted octanol–water partition coefficient (Wildman–Crippen LogP) is 0.356. The molecule has 0 fully saturated rings. The first-order valence-corrected chi connectivity index (χ1v) is 10.4. The van der Waals surface area contributed by atoms with Crippen molar-refractivity contribution in [2.24, 2.45) is 5.73 Å². The lowest BCUT2D eigenvalue weighted by Crippen LogP contribution is -2.24. The van der Waals surface area contributed by atoms with Crippen molar-refractivity contribution in [2.75, 3.05) is 6.26 Å². The Morgan fingerprint density at radius 1 is 1.00 bits per heavy atom. The quantitative estimate of drug-likeness (QED) is 0.658. The van der Waals surface area contributed by atoms with E-state index in [1.807, 2.05) is 0 Å². The molecule has 0 bridgehead atoms. The maximum atomic E-state index is 12.6. The molecule has 0 aliphatic rings. The van der Waals surface area contributed by atoms with Crippen molar-refractivity contribution in [3.8, 4) is 0 Å². The summed E-state index contributed by atoms with van der Waals surface area (Å²) in [6.07, 6.45) is 0.885. The van der Waals surface area contributed by atoms with Crippen LogP contribution in [0.1, 0.15) is 10.5 Å². The fourth-order valence-electron chi connectivity index (χ4n) is 2.37. The topological polar surface area (TPSA) is 138 Å². The van der Waals surface area contributed by atoms with E-state index in [9.17, 15) is 21.6 Å². The molecule has 0 saturated carbocycles. The number of benzene rings is 2. The summed E-state index contributed by atoms with van der Waals surface area (Å²) in [7, 11) is -8.38. The molecule has 0 unspecified atom stereocenters. The Morgan fingerprint density at radius 3 is 2.19 bits per heavy atom. The van der Waals surface area contributed by atoms with E-state index in [1.165, 1.54) is 24.3 Å². The summed E-state index contributed by atoms with van der Waals surface area (Å²) < 4.78 is 53.9. The second-order valence-electron chi connectivity index (χ2n) is 5.35. The lowest BCUT2D eigenvalue weighted by atomic mass is 10.2. The number of amides is 1. The molecule has 0 atom stereocenters. The Kier molecular flexibility index (Phi) is 4.20. The Hall–Kier alpha value is -2.92. The number of para-hydroxylation sites is 1. The Labute approximate surface area is 149 Å². The van der Waals surface area contributed by atoms with E-state index < -0.39 is 35.7 Å². The van der Waals surface area contributed by atoms with Crippen molar-refractivity contribution in [3.63, 3.8) is 0 Å². The van der Waals surface area contributed by atoms with Crippen LogP contribution in [-0.2, 0) is 20.0 Å². The number of rotatable bonds is 5. The number of fused-ring (bicyclic) bond motifs is 1. The van der Waals surface area contributed by atoms with E-state index in [4.69, 9.17) is 10.0 Å².